The van der Waals surface area contributed by atoms with E-state index >= 15 is 0 Å². The maximum Gasteiger partial charge on any atom is 0.322 e. The average Bonchev–Trinajstić information content (AvgIpc) is 2.95. The topological polar surface area (TPSA) is 70.3 Å². The third-order valence-corrected chi connectivity index (χ3v) is 5.05. The lowest BCUT2D eigenvalue weighted by atomic mass is 9.67. The van der Waals surface area contributed by atoms with Gasteiger partial charge in [0.2, 0.25) is 0 Å². The van der Waals surface area contributed by atoms with Crippen LogP contribution in [0.5, 0.6) is 5.75 Å². The normalized spacial score (nSPS) is 20.0. The second-order valence-electron chi connectivity index (χ2n) is 5.90. The maximum absolute atomic E-state index is 11.8. The molecule has 1 aliphatic carbocycles. The van der Waals surface area contributed by atoms with E-state index in [2.05, 4.69) is 0 Å². The number of aryl methyl sites for hydroxylation is 1. The number of methoxy groups -OCH3 is 1. The van der Waals surface area contributed by atoms with Crippen molar-refractivity contribution in [1.29, 1.82) is 5.26 Å². The molecule has 122 valence electrons. The number of carboxylic acids is 1. The van der Waals surface area contributed by atoms with Gasteiger partial charge in [-0.3, -0.25) is 4.79 Å². The Morgan fingerprint density at radius 1 is 1.33 bits per heavy atom. The summed E-state index contributed by atoms with van der Waals surface area (Å²) in [6.45, 7) is 0. The number of halogens is 1. The van der Waals surface area contributed by atoms with Gasteiger partial charge in [0.1, 0.15) is 5.75 Å². The Labute approximate surface area is 145 Å². The van der Waals surface area contributed by atoms with Gasteiger partial charge in [-0.05, 0) is 53.8 Å². The molecule has 2 aromatic rings. The highest BCUT2D eigenvalue weighted by atomic mass is 35.5. The lowest BCUT2D eigenvalue weighted by Gasteiger charge is -2.33. The Bertz CT molecular complexity index is 825. The molecular weight excluding hydrogens is 326 g/mol. The number of aliphatic carboxylic acids is 1. The minimum absolute atomic E-state index is 0.538. The summed E-state index contributed by atoms with van der Waals surface area (Å²) in [5.74, 6) is -1.63. The molecule has 0 saturated carbocycles. The van der Waals surface area contributed by atoms with Crippen molar-refractivity contribution in [2.75, 3.05) is 7.11 Å². The lowest BCUT2D eigenvalue weighted by molar-refractivity contribution is -0.141. The number of nitriles is 1. The number of ether oxygens (including phenoxy) is 1. The van der Waals surface area contributed by atoms with Crippen molar-refractivity contribution < 1.29 is 14.6 Å². The summed E-state index contributed by atoms with van der Waals surface area (Å²) in [6, 6.07) is 14.8. The molecule has 0 saturated heterocycles. The van der Waals surface area contributed by atoms with Crippen LogP contribution in [0.25, 0.3) is 0 Å². The van der Waals surface area contributed by atoms with Crippen LogP contribution in [0.3, 0.4) is 0 Å². The van der Waals surface area contributed by atoms with Crippen molar-refractivity contribution in [3.05, 3.63) is 64.2 Å². The third kappa shape index (κ3) is 2.42. The zero-order valence-corrected chi connectivity index (χ0v) is 13.9. The number of carboxylic acid groups (broad SMARTS) is 1. The molecule has 1 aliphatic rings. The first-order valence-corrected chi connectivity index (χ1v) is 7.96. The number of rotatable bonds is 4. The molecule has 1 N–H and O–H groups in total. The van der Waals surface area contributed by atoms with Gasteiger partial charge in [0.25, 0.3) is 0 Å². The maximum atomic E-state index is 11.8. The van der Waals surface area contributed by atoms with E-state index in [0.717, 1.165) is 16.7 Å². The lowest BCUT2D eigenvalue weighted by Crippen LogP contribution is -2.38. The second kappa shape index (κ2) is 6.18. The summed E-state index contributed by atoms with van der Waals surface area (Å²) in [5, 5.41) is 19.8. The third-order valence-electron chi connectivity index (χ3n) is 4.82. The predicted molar refractivity (Wildman–Crippen MR) is 90.3 cm³/mol. The van der Waals surface area contributed by atoms with Gasteiger partial charge in [-0.15, -0.1) is 0 Å². The van der Waals surface area contributed by atoms with Crippen molar-refractivity contribution in [3.8, 4) is 11.8 Å². The minimum Gasteiger partial charge on any atom is -0.497 e. The summed E-state index contributed by atoms with van der Waals surface area (Å²) in [5.41, 5.74) is 1.75. The second-order valence-corrected chi connectivity index (χ2v) is 6.34. The molecule has 2 atom stereocenters. The largest absolute Gasteiger partial charge is 0.497 e. The minimum atomic E-state index is -1.19. The highest BCUT2D eigenvalue weighted by molar-refractivity contribution is 6.30. The van der Waals surface area contributed by atoms with Gasteiger partial charge in [-0.2, -0.15) is 5.26 Å². The predicted octanol–water partition coefficient (Wildman–Crippen LogP) is 3.81. The van der Waals surface area contributed by atoms with E-state index in [9.17, 15) is 15.2 Å². The number of hydrogen-bond acceptors (Lipinski definition) is 3. The summed E-state index contributed by atoms with van der Waals surface area (Å²) < 4.78 is 5.19. The van der Waals surface area contributed by atoms with Crippen molar-refractivity contribution >= 4 is 17.6 Å². The molecule has 5 heteroatoms. The molecule has 2 aromatic carbocycles. The Morgan fingerprint density at radius 2 is 2.04 bits per heavy atom. The molecule has 2 unspecified atom stereocenters. The monoisotopic (exact) mass is 341 g/mol. The first-order chi connectivity index (χ1) is 11.5. The van der Waals surface area contributed by atoms with E-state index in [1.807, 2.05) is 24.3 Å². The molecule has 0 radical (unpaired) electrons. The van der Waals surface area contributed by atoms with E-state index in [4.69, 9.17) is 16.3 Å². The molecular formula is C19H16ClNO3. The van der Waals surface area contributed by atoms with Crippen molar-refractivity contribution in [3.63, 3.8) is 0 Å². The van der Waals surface area contributed by atoms with Gasteiger partial charge in [0.05, 0.1) is 13.2 Å². The van der Waals surface area contributed by atoms with Crippen LogP contribution < -0.4 is 4.74 Å². The average molecular weight is 342 g/mol. The van der Waals surface area contributed by atoms with E-state index in [0.29, 0.717) is 23.6 Å². The fourth-order valence-electron chi connectivity index (χ4n) is 3.68. The molecule has 0 heterocycles. The van der Waals surface area contributed by atoms with Gasteiger partial charge < -0.3 is 9.84 Å². The summed E-state index contributed by atoms with van der Waals surface area (Å²) >= 11 is 6.16. The summed E-state index contributed by atoms with van der Waals surface area (Å²) in [7, 11) is 1.57. The van der Waals surface area contributed by atoms with Crippen LogP contribution in [0, 0.1) is 17.2 Å². The number of carbonyl (C=O) groups is 1. The highest BCUT2D eigenvalue weighted by Gasteiger charge is 2.50. The molecule has 0 amide bonds. The Hall–Kier alpha value is -2.51. The fraction of sp³-hybridized carbons (Fsp3) is 0.263. The van der Waals surface area contributed by atoms with Gasteiger partial charge >= 0.3 is 5.97 Å². The van der Waals surface area contributed by atoms with Crippen LogP contribution in [-0.4, -0.2) is 18.2 Å². The van der Waals surface area contributed by atoms with Crippen molar-refractivity contribution in [2.45, 2.75) is 18.3 Å². The molecule has 4 nitrogen and oxygen atoms in total. The standard InChI is InChI=1S/C19H16ClNO3/c1-24-15-6-3-13(4-7-15)19(17(11-21)18(22)23)9-8-12-2-5-14(20)10-16(12)19/h2-7,10,17H,8-9H2,1H3,(H,22,23). The van der Waals surface area contributed by atoms with Crippen LogP contribution in [0.2, 0.25) is 5.02 Å². The van der Waals surface area contributed by atoms with E-state index in [1.54, 1.807) is 31.4 Å². The molecule has 0 spiro atoms. The Balaban J connectivity index is 2.26. The molecule has 24 heavy (non-hydrogen) atoms. The molecule has 0 aromatic heterocycles. The summed E-state index contributed by atoms with van der Waals surface area (Å²) in [4.78, 5) is 11.8. The van der Waals surface area contributed by atoms with Crippen molar-refractivity contribution in [2.24, 2.45) is 5.92 Å². The van der Waals surface area contributed by atoms with Gasteiger partial charge in [-0.25, -0.2) is 0 Å². The fourth-order valence-corrected chi connectivity index (χ4v) is 3.85. The van der Waals surface area contributed by atoms with E-state index < -0.39 is 17.3 Å². The van der Waals surface area contributed by atoms with Crippen molar-refractivity contribution in [1.82, 2.24) is 0 Å². The highest BCUT2D eigenvalue weighted by Crippen LogP contribution is 2.50. The first-order valence-electron chi connectivity index (χ1n) is 7.59. The van der Waals surface area contributed by atoms with Crippen LogP contribution in [0.15, 0.2) is 42.5 Å². The molecule has 0 aliphatic heterocycles. The van der Waals surface area contributed by atoms with Gasteiger partial charge in [0.15, 0.2) is 5.92 Å². The van der Waals surface area contributed by atoms with Crippen LogP contribution in [0.1, 0.15) is 23.1 Å². The summed E-state index contributed by atoms with van der Waals surface area (Å²) in [6.07, 6.45) is 1.27. The zero-order valence-electron chi connectivity index (χ0n) is 13.1. The van der Waals surface area contributed by atoms with Crippen LogP contribution in [-0.2, 0) is 16.6 Å². The Kier molecular flexibility index (Phi) is 4.21. The first kappa shape index (κ1) is 16.4. The number of nitrogens with zero attached hydrogens (tertiary/aromatic N) is 1. The number of fused-ring (bicyclic) bond motifs is 1. The van der Waals surface area contributed by atoms with E-state index in [-0.39, 0.29) is 0 Å². The van der Waals surface area contributed by atoms with E-state index in [1.165, 1.54) is 0 Å². The quantitative estimate of drug-likeness (QED) is 0.918. The Morgan fingerprint density at radius 3 is 2.62 bits per heavy atom. The van der Waals surface area contributed by atoms with Gasteiger partial charge in [0, 0.05) is 10.4 Å². The van der Waals surface area contributed by atoms with Gasteiger partial charge in [-0.1, -0.05) is 29.8 Å². The number of benzene rings is 2. The van der Waals surface area contributed by atoms with Crippen LogP contribution >= 0.6 is 11.6 Å². The molecule has 3 rings (SSSR count). The molecule has 0 fully saturated rings. The smallest absolute Gasteiger partial charge is 0.322 e. The zero-order chi connectivity index (χ0) is 17.3. The molecule has 0 bridgehead atoms. The van der Waals surface area contributed by atoms with Crippen LogP contribution in [0.4, 0.5) is 0 Å². The SMILES string of the molecule is COc1ccc(C2(C(C#N)C(=O)O)CCc3ccc(Cl)cc32)cc1. The number of hydrogen-bond donors (Lipinski definition) is 1.